The summed E-state index contributed by atoms with van der Waals surface area (Å²) >= 11 is 11.4. The Bertz CT molecular complexity index is 423. The van der Waals surface area contributed by atoms with E-state index in [2.05, 4.69) is 21.2 Å². The molecule has 1 unspecified atom stereocenters. The Morgan fingerprint density at radius 2 is 2.12 bits per heavy atom. The number of carbonyl (C=O) groups is 1. The predicted octanol–water partition coefficient (Wildman–Crippen LogP) is 1.07. The van der Waals surface area contributed by atoms with Crippen LogP contribution in [0.3, 0.4) is 0 Å². The highest BCUT2D eigenvalue weighted by atomic mass is 35.5. The second-order valence-corrected chi connectivity index (χ2v) is 3.55. The van der Waals surface area contributed by atoms with E-state index in [0.717, 1.165) is 0 Å². The molecule has 1 aromatic heterocycles. The van der Waals surface area contributed by atoms with Crippen LogP contribution in [-0.2, 0) is 4.79 Å². The fourth-order valence-corrected chi connectivity index (χ4v) is 1.29. The standard InChI is InChI=1S/C9H8Cl2N4O/c1-2-3-5(12)9(16)15-6-7(10)13-4-14-8(6)11/h1,4-5H,3,12H2,(H,15,16). The molecule has 0 fully saturated rings. The van der Waals surface area contributed by atoms with Gasteiger partial charge < -0.3 is 11.1 Å². The number of aromatic nitrogens is 2. The molecule has 1 aromatic rings. The molecule has 1 atom stereocenters. The number of terminal acetylenes is 1. The lowest BCUT2D eigenvalue weighted by atomic mass is 10.2. The molecule has 0 aromatic carbocycles. The van der Waals surface area contributed by atoms with Crippen molar-refractivity contribution in [2.75, 3.05) is 5.32 Å². The van der Waals surface area contributed by atoms with Crippen LogP contribution in [0.25, 0.3) is 0 Å². The molecule has 1 rings (SSSR count). The van der Waals surface area contributed by atoms with Gasteiger partial charge in [0.1, 0.15) is 12.0 Å². The van der Waals surface area contributed by atoms with Crippen molar-refractivity contribution in [1.29, 1.82) is 0 Å². The molecule has 1 amide bonds. The van der Waals surface area contributed by atoms with Crippen LogP contribution in [0, 0.1) is 12.3 Å². The van der Waals surface area contributed by atoms with Crippen molar-refractivity contribution in [3.05, 3.63) is 16.6 Å². The molecule has 5 nitrogen and oxygen atoms in total. The number of hydrogen-bond acceptors (Lipinski definition) is 4. The Hall–Kier alpha value is -1.35. The van der Waals surface area contributed by atoms with Crippen molar-refractivity contribution in [3.63, 3.8) is 0 Å². The van der Waals surface area contributed by atoms with E-state index in [4.69, 9.17) is 35.4 Å². The minimum absolute atomic E-state index is 0.0428. The lowest BCUT2D eigenvalue weighted by molar-refractivity contribution is -0.117. The van der Waals surface area contributed by atoms with Crippen LogP contribution in [0.15, 0.2) is 6.33 Å². The third-order valence-electron chi connectivity index (χ3n) is 1.68. The summed E-state index contributed by atoms with van der Waals surface area (Å²) in [6.07, 6.45) is 6.34. The van der Waals surface area contributed by atoms with Crippen LogP contribution in [0.2, 0.25) is 10.3 Å². The van der Waals surface area contributed by atoms with Crippen LogP contribution in [0.1, 0.15) is 6.42 Å². The molecule has 3 N–H and O–H groups in total. The number of nitrogens with one attached hydrogen (secondary N) is 1. The number of carbonyl (C=O) groups excluding carboxylic acids is 1. The quantitative estimate of drug-likeness (QED) is 0.628. The zero-order valence-electron chi connectivity index (χ0n) is 8.08. The summed E-state index contributed by atoms with van der Waals surface area (Å²) in [5.41, 5.74) is 5.62. The van der Waals surface area contributed by atoms with Gasteiger partial charge >= 0.3 is 0 Å². The van der Waals surface area contributed by atoms with Gasteiger partial charge in [-0.3, -0.25) is 4.79 Å². The zero-order valence-corrected chi connectivity index (χ0v) is 9.59. The SMILES string of the molecule is C#CCC(N)C(=O)Nc1c(Cl)ncnc1Cl. The van der Waals surface area contributed by atoms with Gasteiger partial charge in [0.05, 0.1) is 6.04 Å². The maximum Gasteiger partial charge on any atom is 0.242 e. The minimum atomic E-state index is -0.822. The summed E-state index contributed by atoms with van der Waals surface area (Å²) in [6.45, 7) is 0. The van der Waals surface area contributed by atoms with E-state index >= 15 is 0 Å². The highest BCUT2D eigenvalue weighted by Crippen LogP contribution is 2.25. The summed E-state index contributed by atoms with van der Waals surface area (Å²) < 4.78 is 0. The van der Waals surface area contributed by atoms with Crippen LogP contribution < -0.4 is 11.1 Å². The van der Waals surface area contributed by atoms with Crippen molar-refractivity contribution >= 4 is 34.8 Å². The Balaban J connectivity index is 2.82. The first-order valence-corrected chi connectivity index (χ1v) is 4.97. The van der Waals surface area contributed by atoms with Crippen LogP contribution >= 0.6 is 23.2 Å². The van der Waals surface area contributed by atoms with Crippen LogP contribution in [0.5, 0.6) is 0 Å². The van der Waals surface area contributed by atoms with E-state index in [1.54, 1.807) is 0 Å². The highest BCUT2D eigenvalue weighted by Gasteiger charge is 2.16. The van der Waals surface area contributed by atoms with E-state index in [-0.39, 0.29) is 22.4 Å². The average molecular weight is 259 g/mol. The summed E-state index contributed by atoms with van der Waals surface area (Å²) in [5.74, 6) is 1.79. The van der Waals surface area contributed by atoms with Gasteiger partial charge in [-0.25, -0.2) is 9.97 Å². The second kappa shape index (κ2) is 5.66. The zero-order chi connectivity index (χ0) is 12.1. The maximum atomic E-state index is 11.5. The van der Waals surface area contributed by atoms with Crippen LogP contribution in [-0.4, -0.2) is 21.9 Å². The second-order valence-electron chi connectivity index (χ2n) is 2.83. The van der Waals surface area contributed by atoms with Crippen molar-refractivity contribution in [2.45, 2.75) is 12.5 Å². The van der Waals surface area contributed by atoms with Crippen molar-refractivity contribution < 1.29 is 4.79 Å². The van der Waals surface area contributed by atoms with E-state index in [9.17, 15) is 4.79 Å². The van der Waals surface area contributed by atoms with Crippen molar-refractivity contribution in [1.82, 2.24) is 9.97 Å². The van der Waals surface area contributed by atoms with Gasteiger partial charge in [-0.15, -0.1) is 12.3 Å². The van der Waals surface area contributed by atoms with E-state index < -0.39 is 11.9 Å². The smallest absolute Gasteiger partial charge is 0.242 e. The first-order chi connectivity index (χ1) is 7.56. The molecule has 7 heteroatoms. The maximum absolute atomic E-state index is 11.5. The fourth-order valence-electron chi connectivity index (χ4n) is 0.883. The molecule has 0 saturated heterocycles. The van der Waals surface area contributed by atoms with E-state index in [1.165, 1.54) is 6.33 Å². The Kier molecular flexibility index (Phi) is 4.50. The normalized spacial score (nSPS) is 11.6. The molecule has 16 heavy (non-hydrogen) atoms. The largest absolute Gasteiger partial charge is 0.320 e. The number of rotatable bonds is 3. The summed E-state index contributed by atoms with van der Waals surface area (Å²) in [4.78, 5) is 18.8. The third kappa shape index (κ3) is 3.07. The number of anilines is 1. The van der Waals surface area contributed by atoms with Crippen molar-refractivity contribution in [3.8, 4) is 12.3 Å². The fraction of sp³-hybridized carbons (Fsp3) is 0.222. The molecule has 84 valence electrons. The van der Waals surface area contributed by atoms with E-state index in [0.29, 0.717) is 0 Å². The van der Waals surface area contributed by atoms with Gasteiger partial charge in [0.15, 0.2) is 10.3 Å². The summed E-state index contributed by atoms with van der Waals surface area (Å²) in [5, 5.41) is 2.50. The number of nitrogens with two attached hydrogens (primary N) is 1. The molecule has 0 saturated carbocycles. The first kappa shape index (κ1) is 12.7. The summed E-state index contributed by atoms with van der Waals surface area (Å²) in [7, 11) is 0. The third-order valence-corrected chi connectivity index (χ3v) is 2.25. The lowest BCUT2D eigenvalue weighted by Crippen LogP contribution is -2.35. The highest BCUT2D eigenvalue weighted by molar-refractivity contribution is 6.38. The van der Waals surface area contributed by atoms with Gasteiger partial charge in [-0.1, -0.05) is 23.2 Å². The number of halogens is 2. The Morgan fingerprint density at radius 1 is 1.56 bits per heavy atom. The topological polar surface area (TPSA) is 80.9 Å². The molecule has 0 spiro atoms. The minimum Gasteiger partial charge on any atom is -0.320 e. The number of amides is 1. The summed E-state index contributed by atoms with van der Waals surface area (Å²) in [6, 6.07) is -0.822. The lowest BCUT2D eigenvalue weighted by Gasteiger charge is -2.10. The Labute approximate surface area is 102 Å². The van der Waals surface area contributed by atoms with Crippen LogP contribution in [0.4, 0.5) is 5.69 Å². The van der Waals surface area contributed by atoms with E-state index in [1.807, 2.05) is 0 Å². The molecule has 0 aliphatic heterocycles. The molecule has 0 radical (unpaired) electrons. The van der Waals surface area contributed by atoms with Crippen molar-refractivity contribution in [2.24, 2.45) is 5.73 Å². The molecule has 0 aliphatic rings. The van der Waals surface area contributed by atoms with Gasteiger partial charge in [0.25, 0.3) is 0 Å². The van der Waals surface area contributed by atoms with Gasteiger partial charge in [-0.05, 0) is 0 Å². The Morgan fingerprint density at radius 3 is 2.62 bits per heavy atom. The molecule has 0 aliphatic carbocycles. The molecular formula is C9H8Cl2N4O. The van der Waals surface area contributed by atoms with Gasteiger partial charge in [0, 0.05) is 6.42 Å². The monoisotopic (exact) mass is 258 g/mol. The predicted molar refractivity (Wildman–Crippen MR) is 62.1 cm³/mol. The molecular weight excluding hydrogens is 251 g/mol. The van der Waals surface area contributed by atoms with Gasteiger partial charge in [-0.2, -0.15) is 0 Å². The number of nitrogens with zero attached hydrogens (tertiary/aromatic N) is 2. The molecule has 0 bridgehead atoms. The van der Waals surface area contributed by atoms with Gasteiger partial charge in [0.2, 0.25) is 5.91 Å². The first-order valence-electron chi connectivity index (χ1n) is 4.22. The number of hydrogen-bond donors (Lipinski definition) is 2. The molecule has 1 heterocycles. The average Bonchev–Trinajstić information content (AvgIpc) is 2.23.